The molecule has 0 fully saturated rings. The van der Waals surface area contributed by atoms with E-state index in [4.69, 9.17) is 16.3 Å². The number of nitrogens with one attached hydrogen (secondary N) is 2. The summed E-state index contributed by atoms with van der Waals surface area (Å²) in [4.78, 5) is 9.40. The summed E-state index contributed by atoms with van der Waals surface area (Å²) in [6, 6.07) is 7.33. The lowest BCUT2D eigenvalue weighted by Crippen LogP contribution is -2.39. The van der Waals surface area contributed by atoms with E-state index >= 15 is 0 Å². The molecule has 24 heavy (non-hydrogen) atoms. The minimum atomic E-state index is -0.632. The number of rotatable bonds is 7. The number of aliphatic hydroxyl groups excluding tert-OH is 1. The number of aliphatic imine (C=N–C) groups is 1. The Morgan fingerprint density at radius 3 is 2.92 bits per heavy atom. The first-order chi connectivity index (χ1) is 11.6. The predicted molar refractivity (Wildman–Crippen MR) is 97.9 cm³/mol. The maximum atomic E-state index is 10.2. The quantitative estimate of drug-likeness (QED) is 0.517. The van der Waals surface area contributed by atoms with Crippen LogP contribution in [0.4, 0.5) is 0 Å². The van der Waals surface area contributed by atoms with Crippen molar-refractivity contribution < 1.29 is 9.84 Å². The second-order valence-corrected chi connectivity index (χ2v) is 6.69. The number of ether oxygens (including phenoxy) is 1. The number of aromatic nitrogens is 1. The molecule has 0 saturated heterocycles. The molecule has 2 heterocycles. The van der Waals surface area contributed by atoms with Gasteiger partial charge in [0.25, 0.3) is 0 Å². The van der Waals surface area contributed by atoms with Crippen molar-refractivity contribution in [3.63, 3.8) is 0 Å². The van der Waals surface area contributed by atoms with E-state index in [9.17, 15) is 5.11 Å². The molecule has 1 atom stereocenters. The number of thiophene rings is 1. The fourth-order valence-corrected chi connectivity index (χ4v) is 3.02. The molecule has 2 aromatic rings. The third-order valence-electron chi connectivity index (χ3n) is 3.16. The van der Waals surface area contributed by atoms with Crippen LogP contribution in [-0.2, 0) is 6.54 Å². The van der Waals surface area contributed by atoms with E-state index in [0.29, 0.717) is 29.3 Å². The molecule has 0 spiro atoms. The van der Waals surface area contributed by atoms with E-state index in [2.05, 4.69) is 20.6 Å². The van der Waals surface area contributed by atoms with Crippen molar-refractivity contribution in [1.29, 1.82) is 0 Å². The number of pyridine rings is 1. The molecule has 130 valence electrons. The summed E-state index contributed by atoms with van der Waals surface area (Å²) in [5.74, 6) is 1.20. The molecule has 3 N–H and O–H groups in total. The van der Waals surface area contributed by atoms with Gasteiger partial charge in [-0.05, 0) is 30.7 Å². The molecule has 0 amide bonds. The van der Waals surface area contributed by atoms with Gasteiger partial charge in [0, 0.05) is 30.2 Å². The van der Waals surface area contributed by atoms with Crippen LogP contribution < -0.4 is 15.4 Å². The van der Waals surface area contributed by atoms with Crippen LogP contribution >= 0.6 is 22.9 Å². The maximum Gasteiger partial charge on any atom is 0.213 e. The van der Waals surface area contributed by atoms with Crippen LogP contribution in [0.25, 0.3) is 0 Å². The van der Waals surface area contributed by atoms with Crippen molar-refractivity contribution in [3.05, 3.63) is 45.2 Å². The topological polar surface area (TPSA) is 78.8 Å². The highest BCUT2D eigenvalue weighted by Crippen LogP contribution is 2.26. The average molecular weight is 369 g/mol. The Balaban J connectivity index is 1.94. The first-order valence-corrected chi connectivity index (χ1v) is 8.76. The first-order valence-electron chi connectivity index (χ1n) is 7.56. The second-order valence-electron chi connectivity index (χ2n) is 4.94. The molecule has 0 radical (unpaired) electrons. The molecule has 0 aromatic carbocycles. The van der Waals surface area contributed by atoms with Gasteiger partial charge in [-0.3, -0.25) is 0 Å². The van der Waals surface area contributed by atoms with Gasteiger partial charge in [0.05, 0.1) is 18.0 Å². The predicted octanol–water partition coefficient (Wildman–Crippen LogP) is 2.59. The van der Waals surface area contributed by atoms with E-state index in [0.717, 1.165) is 17.0 Å². The minimum absolute atomic E-state index is 0.350. The molecule has 6 nitrogen and oxygen atoms in total. The Kier molecular flexibility index (Phi) is 7.30. The number of guanidine groups is 1. The van der Waals surface area contributed by atoms with Gasteiger partial charge < -0.3 is 20.5 Å². The molecular formula is C16H21ClN4O2S. The number of nitrogens with zero attached hydrogens (tertiary/aromatic N) is 2. The van der Waals surface area contributed by atoms with E-state index in [1.807, 2.05) is 25.1 Å². The van der Waals surface area contributed by atoms with Gasteiger partial charge in [0.1, 0.15) is 6.10 Å². The standard InChI is InChI=1S/C16H21ClN4O2S/c1-3-18-16(20-9-11-6-7-19-15(8-11)23-2)21-10-12(22)13-4-5-14(17)24-13/h4-8,12,22H,3,9-10H2,1-2H3,(H2,18,20,21). The van der Waals surface area contributed by atoms with Crippen molar-refractivity contribution in [2.45, 2.75) is 19.6 Å². The van der Waals surface area contributed by atoms with E-state index in [1.165, 1.54) is 11.3 Å². The summed E-state index contributed by atoms with van der Waals surface area (Å²) in [5, 5.41) is 16.5. The summed E-state index contributed by atoms with van der Waals surface area (Å²) in [5.41, 5.74) is 0.990. The third-order valence-corrected chi connectivity index (χ3v) is 4.49. The summed E-state index contributed by atoms with van der Waals surface area (Å²) in [6.45, 7) is 3.55. The zero-order valence-corrected chi connectivity index (χ0v) is 15.2. The van der Waals surface area contributed by atoms with Gasteiger partial charge in [-0.25, -0.2) is 9.98 Å². The molecule has 0 aliphatic heterocycles. The van der Waals surface area contributed by atoms with Gasteiger partial charge >= 0.3 is 0 Å². The van der Waals surface area contributed by atoms with Gasteiger partial charge in [0.15, 0.2) is 5.96 Å². The van der Waals surface area contributed by atoms with Crippen LogP contribution in [0.15, 0.2) is 35.5 Å². The second kappa shape index (κ2) is 9.46. The zero-order chi connectivity index (χ0) is 17.4. The average Bonchev–Trinajstić information content (AvgIpc) is 3.04. The van der Waals surface area contributed by atoms with Crippen LogP contribution in [0.5, 0.6) is 5.88 Å². The molecule has 0 bridgehead atoms. The SMILES string of the molecule is CCNC(=NCc1ccnc(OC)c1)NCC(O)c1ccc(Cl)s1. The number of halogens is 1. The Morgan fingerprint density at radius 2 is 2.25 bits per heavy atom. The summed E-state index contributed by atoms with van der Waals surface area (Å²) in [7, 11) is 1.58. The van der Waals surface area contributed by atoms with Gasteiger partial charge in [-0.1, -0.05) is 11.6 Å². The van der Waals surface area contributed by atoms with Crippen molar-refractivity contribution in [1.82, 2.24) is 15.6 Å². The fraction of sp³-hybridized carbons (Fsp3) is 0.375. The van der Waals surface area contributed by atoms with Crippen LogP contribution in [0, 0.1) is 0 Å². The Morgan fingerprint density at radius 1 is 1.42 bits per heavy atom. The summed E-state index contributed by atoms with van der Waals surface area (Å²) < 4.78 is 5.77. The summed E-state index contributed by atoms with van der Waals surface area (Å²) in [6.07, 6.45) is 1.06. The minimum Gasteiger partial charge on any atom is -0.481 e. The molecule has 2 rings (SSSR count). The van der Waals surface area contributed by atoms with E-state index in [-0.39, 0.29) is 0 Å². The van der Waals surface area contributed by atoms with Crippen LogP contribution in [0.1, 0.15) is 23.5 Å². The van der Waals surface area contributed by atoms with E-state index in [1.54, 1.807) is 19.4 Å². The molecule has 1 unspecified atom stereocenters. The number of methoxy groups -OCH3 is 1. The van der Waals surface area contributed by atoms with Crippen molar-refractivity contribution in [2.75, 3.05) is 20.2 Å². The lowest BCUT2D eigenvalue weighted by molar-refractivity contribution is 0.184. The first kappa shape index (κ1) is 18.5. The number of hydrogen-bond acceptors (Lipinski definition) is 5. The highest BCUT2D eigenvalue weighted by atomic mass is 35.5. The zero-order valence-electron chi connectivity index (χ0n) is 13.6. The van der Waals surface area contributed by atoms with Gasteiger partial charge in [-0.2, -0.15) is 0 Å². The smallest absolute Gasteiger partial charge is 0.213 e. The van der Waals surface area contributed by atoms with E-state index < -0.39 is 6.10 Å². The molecule has 0 aliphatic carbocycles. The lowest BCUT2D eigenvalue weighted by atomic mass is 10.3. The largest absolute Gasteiger partial charge is 0.481 e. The van der Waals surface area contributed by atoms with Crippen molar-refractivity contribution in [2.24, 2.45) is 4.99 Å². The maximum absolute atomic E-state index is 10.2. The Hall–Kier alpha value is -1.83. The monoisotopic (exact) mass is 368 g/mol. The van der Waals surface area contributed by atoms with Crippen LogP contribution in [0.3, 0.4) is 0 Å². The Bertz CT molecular complexity index is 678. The van der Waals surface area contributed by atoms with Crippen LogP contribution in [0.2, 0.25) is 4.34 Å². The Labute approximate surface area is 150 Å². The van der Waals surface area contributed by atoms with Crippen molar-refractivity contribution in [3.8, 4) is 5.88 Å². The molecule has 0 aliphatic rings. The lowest BCUT2D eigenvalue weighted by Gasteiger charge is -2.14. The van der Waals surface area contributed by atoms with Crippen LogP contribution in [-0.4, -0.2) is 36.2 Å². The molecule has 2 aromatic heterocycles. The molecular weight excluding hydrogens is 348 g/mol. The summed E-state index contributed by atoms with van der Waals surface area (Å²) >= 11 is 7.26. The third kappa shape index (κ3) is 5.67. The molecule has 0 saturated carbocycles. The van der Waals surface area contributed by atoms with Gasteiger partial charge in [0.2, 0.25) is 5.88 Å². The highest BCUT2D eigenvalue weighted by Gasteiger charge is 2.11. The van der Waals surface area contributed by atoms with Crippen molar-refractivity contribution >= 4 is 28.9 Å². The molecule has 8 heteroatoms. The normalized spacial score (nSPS) is 12.8. The van der Waals surface area contributed by atoms with Gasteiger partial charge in [-0.15, -0.1) is 11.3 Å². The number of hydrogen-bond donors (Lipinski definition) is 3. The number of aliphatic hydroxyl groups is 1. The highest BCUT2D eigenvalue weighted by molar-refractivity contribution is 7.16. The fourth-order valence-electron chi connectivity index (χ4n) is 1.97.